The SMILES string of the molecule is CC(C)NCc1ccc(-n2nnc3ccccc32)c(Cl)c1. The second-order valence-electron chi connectivity index (χ2n) is 5.31. The van der Waals surface area contributed by atoms with E-state index in [0.717, 1.165) is 28.8 Å². The fourth-order valence-electron chi connectivity index (χ4n) is 2.20. The van der Waals surface area contributed by atoms with Gasteiger partial charge in [0.15, 0.2) is 0 Å². The van der Waals surface area contributed by atoms with Crippen LogP contribution in [0.25, 0.3) is 16.7 Å². The zero-order chi connectivity index (χ0) is 14.8. The normalized spacial score (nSPS) is 11.4. The summed E-state index contributed by atoms with van der Waals surface area (Å²) in [7, 11) is 0. The number of rotatable bonds is 4. The highest BCUT2D eigenvalue weighted by molar-refractivity contribution is 6.32. The molecule has 0 bridgehead atoms. The predicted octanol–water partition coefficient (Wildman–Crippen LogP) is 3.57. The van der Waals surface area contributed by atoms with Crippen LogP contribution in [0.5, 0.6) is 0 Å². The van der Waals surface area contributed by atoms with Crippen molar-refractivity contribution in [3.8, 4) is 5.69 Å². The van der Waals surface area contributed by atoms with Gasteiger partial charge in [-0.25, -0.2) is 4.68 Å². The molecule has 21 heavy (non-hydrogen) atoms. The lowest BCUT2D eigenvalue weighted by molar-refractivity contribution is 0.589. The molecule has 0 saturated heterocycles. The molecular weight excluding hydrogens is 284 g/mol. The second kappa shape index (κ2) is 5.84. The molecule has 0 saturated carbocycles. The van der Waals surface area contributed by atoms with E-state index in [1.165, 1.54) is 0 Å². The number of benzene rings is 2. The largest absolute Gasteiger partial charge is 0.310 e. The Bertz CT molecular complexity index is 764. The van der Waals surface area contributed by atoms with Crippen LogP contribution in [0.2, 0.25) is 5.02 Å². The summed E-state index contributed by atoms with van der Waals surface area (Å²) in [6, 6.07) is 14.3. The van der Waals surface area contributed by atoms with Crippen molar-refractivity contribution in [2.24, 2.45) is 0 Å². The highest BCUT2D eigenvalue weighted by Gasteiger charge is 2.10. The van der Waals surface area contributed by atoms with Gasteiger partial charge in [0.05, 0.1) is 16.2 Å². The van der Waals surface area contributed by atoms with Crippen molar-refractivity contribution in [2.45, 2.75) is 26.4 Å². The first-order valence-electron chi connectivity index (χ1n) is 6.98. The van der Waals surface area contributed by atoms with Crippen molar-refractivity contribution in [1.29, 1.82) is 0 Å². The van der Waals surface area contributed by atoms with Crippen LogP contribution in [0.3, 0.4) is 0 Å². The number of hydrogen-bond donors (Lipinski definition) is 1. The Morgan fingerprint density at radius 2 is 2.00 bits per heavy atom. The standard InChI is InChI=1S/C16H17ClN4/c1-11(2)18-10-12-7-8-15(13(17)9-12)21-16-6-4-3-5-14(16)19-20-21/h3-9,11,18H,10H2,1-2H3. The summed E-state index contributed by atoms with van der Waals surface area (Å²) in [6.07, 6.45) is 0. The van der Waals surface area contributed by atoms with E-state index in [0.29, 0.717) is 11.1 Å². The van der Waals surface area contributed by atoms with E-state index in [1.54, 1.807) is 4.68 Å². The first-order chi connectivity index (χ1) is 10.1. The topological polar surface area (TPSA) is 42.7 Å². The number of nitrogens with one attached hydrogen (secondary N) is 1. The van der Waals surface area contributed by atoms with E-state index in [-0.39, 0.29) is 0 Å². The van der Waals surface area contributed by atoms with Crippen LogP contribution in [0.15, 0.2) is 42.5 Å². The third-order valence-electron chi connectivity index (χ3n) is 3.31. The molecule has 3 rings (SSSR count). The molecule has 2 aromatic carbocycles. The van der Waals surface area contributed by atoms with E-state index in [1.807, 2.05) is 36.4 Å². The molecule has 5 heteroatoms. The fraction of sp³-hybridized carbons (Fsp3) is 0.250. The molecule has 1 aromatic heterocycles. The molecule has 0 amide bonds. The quantitative estimate of drug-likeness (QED) is 0.801. The van der Waals surface area contributed by atoms with Gasteiger partial charge in [-0.3, -0.25) is 0 Å². The molecule has 0 unspecified atom stereocenters. The van der Waals surface area contributed by atoms with Gasteiger partial charge >= 0.3 is 0 Å². The Morgan fingerprint density at radius 1 is 1.19 bits per heavy atom. The molecule has 0 aliphatic carbocycles. The first kappa shape index (κ1) is 14.0. The molecule has 3 aromatic rings. The van der Waals surface area contributed by atoms with Crippen molar-refractivity contribution in [2.75, 3.05) is 0 Å². The zero-order valence-electron chi connectivity index (χ0n) is 12.0. The summed E-state index contributed by atoms with van der Waals surface area (Å²) in [6.45, 7) is 5.05. The molecule has 0 radical (unpaired) electrons. The van der Waals surface area contributed by atoms with Crippen molar-refractivity contribution in [1.82, 2.24) is 20.3 Å². The molecular formula is C16H17ClN4. The summed E-state index contributed by atoms with van der Waals surface area (Å²) in [5.41, 5.74) is 3.81. The maximum atomic E-state index is 6.42. The summed E-state index contributed by atoms with van der Waals surface area (Å²) in [5.74, 6) is 0. The Morgan fingerprint density at radius 3 is 2.76 bits per heavy atom. The number of nitrogens with zero attached hydrogens (tertiary/aromatic N) is 3. The summed E-state index contributed by atoms with van der Waals surface area (Å²) in [5, 5.41) is 12.4. The van der Waals surface area contributed by atoms with Gasteiger partial charge in [0, 0.05) is 12.6 Å². The van der Waals surface area contributed by atoms with Crippen LogP contribution in [-0.4, -0.2) is 21.0 Å². The monoisotopic (exact) mass is 300 g/mol. The predicted molar refractivity (Wildman–Crippen MR) is 85.9 cm³/mol. The highest BCUT2D eigenvalue weighted by Crippen LogP contribution is 2.24. The van der Waals surface area contributed by atoms with Crippen LogP contribution < -0.4 is 5.32 Å². The minimum Gasteiger partial charge on any atom is -0.310 e. The zero-order valence-corrected chi connectivity index (χ0v) is 12.8. The van der Waals surface area contributed by atoms with Gasteiger partial charge in [-0.05, 0) is 29.8 Å². The lowest BCUT2D eigenvalue weighted by atomic mass is 10.2. The lowest BCUT2D eigenvalue weighted by Gasteiger charge is -2.10. The lowest BCUT2D eigenvalue weighted by Crippen LogP contribution is -2.21. The van der Waals surface area contributed by atoms with Crippen LogP contribution in [0, 0.1) is 0 Å². The first-order valence-corrected chi connectivity index (χ1v) is 7.35. The van der Waals surface area contributed by atoms with Gasteiger partial charge in [0.1, 0.15) is 5.52 Å². The third-order valence-corrected chi connectivity index (χ3v) is 3.61. The maximum absolute atomic E-state index is 6.42. The van der Waals surface area contributed by atoms with Gasteiger partial charge in [-0.1, -0.05) is 48.9 Å². The number of fused-ring (bicyclic) bond motifs is 1. The smallest absolute Gasteiger partial charge is 0.113 e. The van der Waals surface area contributed by atoms with Gasteiger partial charge in [-0.2, -0.15) is 0 Å². The van der Waals surface area contributed by atoms with E-state index < -0.39 is 0 Å². The number of para-hydroxylation sites is 1. The third kappa shape index (κ3) is 2.91. The molecule has 0 fully saturated rings. The van der Waals surface area contributed by atoms with Gasteiger partial charge < -0.3 is 5.32 Å². The van der Waals surface area contributed by atoms with E-state index in [9.17, 15) is 0 Å². The summed E-state index contributed by atoms with van der Waals surface area (Å²) >= 11 is 6.42. The molecule has 1 heterocycles. The minimum atomic E-state index is 0.447. The fourth-order valence-corrected chi connectivity index (χ4v) is 2.48. The van der Waals surface area contributed by atoms with E-state index >= 15 is 0 Å². The van der Waals surface area contributed by atoms with Crippen LogP contribution >= 0.6 is 11.6 Å². The van der Waals surface area contributed by atoms with E-state index in [2.05, 4.69) is 35.5 Å². The average Bonchev–Trinajstić information content (AvgIpc) is 2.89. The minimum absolute atomic E-state index is 0.447. The molecule has 0 aliphatic rings. The summed E-state index contributed by atoms with van der Waals surface area (Å²) in [4.78, 5) is 0. The molecule has 0 aliphatic heterocycles. The molecule has 0 spiro atoms. The van der Waals surface area contributed by atoms with Crippen LogP contribution in [0.4, 0.5) is 0 Å². The number of aromatic nitrogens is 3. The van der Waals surface area contributed by atoms with E-state index in [4.69, 9.17) is 11.6 Å². The second-order valence-corrected chi connectivity index (χ2v) is 5.72. The van der Waals surface area contributed by atoms with Crippen molar-refractivity contribution >= 4 is 22.6 Å². The molecule has 0 atom stereocenters. The van der Waals surface area contributed by atoms with Gasteiger partial charge in [-0.15, -0.1) is 5.10 Å². The average molecular weight is 301 g/mol. The Kier molecular flexibility index (Phi) is 3.90. The van der Waals surface area contributed by atoms with Crippen molar-refractivity contribution in [3.05, 3.63) is 53.1 Å². The number of halogens is 1. The molecule has 108 valence electrons. The Hall–Kier alpha value is -1.91. The van der Waals surface area contributed by atoms with Crippen LogP contribution in [0.1, 0.15) is 19.4 Å². The van der Waals surface area contributed by atoms with Crippen LogP contribution in [-0.2, 0) is 6.54 Å². The van der Waals surface area contributed by atoms with Crippen molar-refractivity contribution < 1.29 is 0 Å². The molecule has 1 N–H and O–H groups in total. The Balaban J connectivity index is 1.96. The van der Waals surface area contributed by atoms with Gasteiger partial charge in [0.25, 0.3) is 0 Å². The highest BCUT2D eigenvalue weighted by atomic mass is 35.5. The van der Waals surface area contributed by atoms with Crippen molar-refractivity contribution in [3.63, 3.8) is 0 Å². The summed E-state index contributed by atoms with van der Waals surface area (Å²) < 4.78 is 1.78. The number of hydrogen-bond acceptors (Lipinski definition) is 3. The Labute approximate surface area is 128 Å². The van der Waals surface area contributed by atoms with Gasteiger partial charge in [0.2, 0.25) is 0 Å². The molecule has 4 nitrogen and oxygen atoms in total. The maximum Gasteiger partial charge on any atom is 0.113 e.